The molecular formula is C24H20FN3O3. The fourth-order valence-corrected chi connectivity index (χ4v) is 3.71. The number of imide groups is 1. The van der Waals surface area contributed by atoms with E-state index in [2.05, 4.69) is 10.6 Å². The third-order valence-corrected chi connectivity index (χ3v) is 5.20. The maximum absolute atomic E-state index is 13.8. The van der Waals surface area contributed by atoms with E-state index in [9.17, 15) is 18.8 Å². The Kier molecular flexibility index (Phi) is 5.49. The smallest absolute Gasteiger partial charge is 0.322 e. The lowest BCUT2D eigenvalue weighted by Crippen LogP contribution is -2.46. The van der Waals surface area contributed by atoms with Crippen LogP contribution in [-0.4, -0.2) is 29.3 Å². The predicted octanol–water partition coefficient (Wildman–Crippen LogP) is 3.45. The van der Waals surface area contributed by atoms with E-state index >= 15 is 0 Å². The van der Waals surface area contributed by atoms with Gasteiger partial charge in [0.05, 0.1) is 5.69 Å². The number of carbonyl (C=O) groups is 3. The number of para-hydroxylation sites is 1. The number of anilines is 1. The maximum atomic E-state index is 13.8. The van der Waals surface area contributed by atoms with Crippen LogP contribution in [0, 0.1) is 5.82 Å². The Bertz CT molecular complexity index is 1120. The molecule has 3 aromatic carbocycles. The number of hydrogen-bond donors (Lipinski definition) is 2. The molecule has 2 N–H and O–H groups in total. The summed E-state index contributed by atoms with van der Waals surface area (Å²) < 4.78 is 13.8. The van der Waals surface area contributed by atoms with E-state index in [1.807, 2.05) is 36.4 Å². The molecule has 0 aliphatic carbocycles. The maximum Gasteiger partial charge on any atom is 0.325 e. The fourth-order valence-electron chi connectivity index (χ4n) is 3.71. The summed E-state index contributed by atoms with van der Waals surface area (Å²) in [5.74, 6) is -1.80. The molecule has 1 fully saturated rings. The predicted molar refractivity (Wildman–Crippen MR) is 114 cm³/mol. The highest BCUT2D eigenvalue weighted by Crippen LogP contribution is 2.33. The highest BCUT2D eigenvalue weighted by Gasteiger charge is 2.52. The van der Waals surface area contributed by atoms with E-state index in [0.29, 0.717) is 5.56 Å². The number of nitrogens with one attached hydrogen (secondary N) is 2. The van der Waals surface area contributed by atoms with Crippen molar-refractivity contribution < 1.29 is 18.8 Å². The third-order valence-electron chi connectivity index (χ3n) is 5.20. The van der Waals surface area contributed by atoms with Gasteiger partial charge in [-0.15, -0.1) is 0 Å². The second-order valence-electron chi connectivity index (χ2n) is 7.28. The summed E-state index contributed by atoms with van der Waals surface area (Å²) in [6.45, 7) is -0.525. The van der Waals surface area contributed by atoms with Crippen molar-refractivity contribution in [1.29, 1.82) is 0 Å². The van der Waals surface area contributed by atoms with Gasteiger partial charge in [0.25, 0.3) is 5.91 Å². The van der Waals surface area contributed by atoms with E-state index in [0.717, 1.165) is 10.5 Å². The van der Waals surface area contributed by atoms with Crippen molar-refractivity contribution in [3.8, 4) is 0 Å². The molecule has 0 spiro atoms. The van der Waals surface area contributed by atoms with Crippen molar-refractivity contribution in [2.75, 3.05) is 11.9 Å². The zero-order valence-electron chi connectivity index (χ0n) is 16.5. The summed E-state index contributed by atoms with van der Waals surface area (Å²) in [6, 6.07) is 23.3. The van der Waals surface area contributed by atoms with Crippen LogP contribution in [0.4, 0.5) is 14.9 Å². The number of nitrogens with zero attached hydrogens (tertiary/aromatic N) is 1. The standard InChI is InChI=1S/C24H20FN3O3/c25-19-13-7-8-14-20(19)26-21(29)16-28-22(30)24(27-23(28)31,18-11-5-2-6-12-18)15-17-9-3-1-4-10-17/h1-14H,15-16H2,(H,26,29)(H,27,31). The average Bonchev–Trinajstić information content (AvgIpc) is 3.01. The van der Waals surface area contributed by atoms with Gasteiger partial charge in [0.2, 0.25) is 5.91 Å². The lowest BCUT2D eigenvalue weighted by atomic mass is 9.83. The number of urea groups is 1. The first kappa shape index (κ1) is 20.3. The lowest BCUT2D eigenvalue weighted by molar-refractivity contribution is -0.134. The fraction of sp³-hybridized carbons (Fsp3) is 0.125. The average molecular weight is 417 g/mol. The Morgan fingerprint density at radius 2 is 1.52 bits per heavy atom. The third kappa shape index (κ3) is 4.02. The molecule has 1 heterocycles. The van der Waals surface area contributed by atoms with Crippen LogP contribution in [0.1, 0.15) is 11.1 Å². The van der Waals surface area contributed by atoms with Crippen molar-refractivity contribution in [2.24, 2.45) is 0 Å². The van der Waals surface area contributed by atoms with Gasteiger partial charge >= 0.3 is 6.03 Å². The SMILES string of the molecule is O=C(CN1C(=O)NC(Cc2ccccc2)(c2ccccc2)C1=O)Nc1ccccc1F. The highest BCUT2D eigenvalue weighted by molar-refractivity contribution is 6.10. The van der Waals surface area contributed by atoms with Gasteiger partial charge in [-0.2, -0.15) is 0 Å². The summed E-state index contributed by atoms with van der Waals surface area (Å²) in [4.78, 5) is 39.6. The minimum Gasteiger partial charge on any atom is -0.322 e. The van der Waals surface area contributed by atoms with Gasteiger partial charge in [-0.1, -0.05) is 72.8 Å². The van der Waals surface area contributed by atoms with Gasteiger partial charge in [-0.25, -0.2) is 9.18 Å². The first-order valence-corrected chi connectivity index (χ1v) is 9.77. The molecule has 1 aliphatic heterocycles. The van der Waals surface area contributed by atoms with E-state index in [4.69, 9.17) is 0 Å². The van der Waals surface area contributed by atoms with Crippen LogP contribution >= 0.6 is 0 Å². The quantitative estimate of drug-likeness (QED) is 0.603. The van der Waals surface area contributed by atoms with Gasteiger partial charge in [-0.05, 0) is 23.3 Å². The Labute approximate surface area is 178 Å². The zero-order valence-corrected chi connectivity index (χ0v) is 16.5. The van der Waals surface area contributed by atoms with Crippen LogP contribution in [0.5, 0.6) is 0 Å². The number of halogens is 1. The Balaban J connectivity index is 1.61. The molecule has 1 saturated heterocycles. The van der Waals surface area contributed by atoms with Crippen molar-refractivity contribution in [3.63, 3.8) is 0 Å². The van der Waals surface area contributed by atoms with Crippen LogP contribution in [0.25, 0.3) is 0 Å². The van der Waals surface area contributed by atoms with E-state index in [1.54, 1.807) is 30.3 Å². The zero-order chi connectivity index (χ0) is 21.8. The first-order valence-electron chi connectivity index (χ1n) is 9.77. The molecule has 0 radical (unpaired) electrons. The molecule has 1 unspecified atom stereocenters. The summed E-state index contributed by atoms with van der Waals surface area (Å²) in [6.07, 6.45) is 0.230. The van der Waals surface area contributed by atoms with E-state index in [1.165, 1.54) is 18.2 Å². The monoisotopic (exact) mass is 417 g/mol. The molecule has 1 atom stereocenters. The summed E-state index contributed by atoms with van der Waals surface area (Å²) in [5.41, 5.74) is 0.128. The highest BCUT2D eigenvalue weighted by atomic mass is 19.1. The summed E-state index contributed by atoms with van der Waals surface area (Å²) in [7, 11) is 0. The van der Waals surface area contributed by atoms with Gasteiger partial charge in [0.1, 0.15) is 12.4 Å². The van der Waals surface area contributed by atoms with Gasteiger partial charge < -0.3 is 10.6 Å². The van der Waals surface area contributed by atoms with Crippen molar-refractivity contribution in [3.05, 3.63) is 102 Å². The second kappa shape index (κ2) is 8.39. The number of rotatable bonds is 6. The minimum absolute atomic E-state index is 0.0156. The minimum atomic E-state index is -1.34. The Morgan fingerprint density at radius 3 is 2.19 bits per heavy atom. The molecule has 0 aromatic heterocycles. The van der Waals surface area contributed by atoms with Crippen molar-refractivity contribution >= 4 is 23.5 Å². The molecule has 6 nitrogen and oxygen atoms in total. The van der Waals surface area contributed by atoms with Gasteiger partial charge in [0.15, 0.2) is 5.54 Å². The molecule has 3 aromatic rings. The van der Waals surface area contributed by atoms with E-state index in [-0.39, 0.29) is 12.1 Å². The van der Waals surface area contributed by atoms with Gasteiger partial charge in [-0.3, -0.25) is 14.5 Å². The van der Waals surface area contributed by atoms with Gasteiger partial charge in [0, 0.05) is 6.42 Å². The molecule has 0 bridgehead atoms. The second-order valence-corrected chi connectivity index (χ2v) is 7.28. The number of amides is 4. The molecule has 1 aliphatic rings. The van der Waals surface area contributed by atoms with Crippen LogP contribution in [0.3, 0.4) is 0 Å². The number of benzene rings is 3. The van der Waals surface area contributed by atoms with Crippen molar-refractivity contribution in [1.82, 2.24) is 10.2 Å². The molecule has 31 heavy (non-hydrogen) atoms. The van der Waals surface area contributed by atoms with Crippen LogP contribution in [-0.2, 0) is 21.5 Å². The summed E-state index contributed by atoms with van der Waals surface area (Å²) in [5, 5.41) is 5.20. The molecule has 7 heteroatoms. The molecule has 156 valence electrons. The number of carbonyl (C=O) groups excluding carboxylic acids is 3. The Hall–Kier alpha value is -4.00. The van der Waals surface area contributed by atoms with Crippen molar-refractivity contribution in [2.45, 2.75) is 12.0 Å². The molecule has 4 amide bonds. The largest absolute Gasteiger partial charge is 0.325 e. The first-order chi connectivity index (χ1) is 15.0. The van der Waals surface area contributed by atoms with Crippen LogP contribution < -0.4 is 10.6 Å². The van der Waals surface area contributed by atoms with Crippen LogP contribution in [0.2, 0.25) is 0 Å². The normalized spacial score (nSPS) is 18.0. The van der Waals surface area contributed by atoms with Crippen LogP contribution in [0.15, 0.2) is 84.9 Å². The Morgan fingerprint density at radius 1 is 0.903 bits per heavy atom. The molecular weight excluding hydrogens is 397 g/mol. The molecule has 0 saturated carbocycles. The molecule has 4 rings (SSSR count). The summed E-state index contributed by atoms with van der Waals surface area (Å²) >= 11 is 0. The van der Waals surface area contributed by atoms with E-state index < -0.39 is 35.7 Å². The lowest BCUT2D eigenvalue weighted by Gasteiger charge is -2.27. The number of hydrogen-bond acceptors (Lipinski definition) is 3. The topological polar surface area (TPSA) is 78.5 Å².